The number of nitrogens with zero attached hydrogens (tertiary/aromatic N) is 4. The fraction of sp³-hybridized carbons (Fsp3) is 0.727. The zero-order valence-corrected chi connectivity index (χ0v) is 12.9. The Bertz CT molecular complexity index is 572. The third-order valence-corrected chi connectivity index (χ3v) is 4.98. The van der Waals surface area contributed by atoms with Gasteiger partial charge in [0.25, 0.3) is 0 Å². The molecule has 1 saturated heterocycles. The second-order valence-corrected chi connectivity index (χ2v) is 7.26. The highest BCUT2D eigenvalue weighted by molar-refractivity contribution is 7.91. The van der Waals surface area contributed by atoms with Crippen LogP contribution in [-0.2, 0) is 9.84 Å². The second kappa shape index (κ2) is 6.85. The smallest absolute Gasteiger partial charge is 0.243 e. The van der Waals surface area contributed by atoms with Crippen molar-refractivity contribution in [1.82, 2.24) is 15.0 Å². The van der Waals surface area contributed by atoms with Gasteiger partial charge < -0.3 is 10.2 Å². The Morgan fingerprint density at radius 2 is 1.86 bits per heavy atom. The molecular weight excluding hydrogens is 294 g/mol. The van der Waals surface area contributed by atoms with Crippen molar-refractivity contribution >= 4 is 27.7 Å². The quantitative estimate of drug-likeness (QED) is 0.455. The molecule has 1 aliphatic rings. The molecule has 0 aromatic carbocycles. The molecule has 0 saturated carbocycles. The first-order chi connectivity index (χ1) is 10.0. The third kappa shape index (κ3) is 4.39. The lowest BCUT2D eigenvalue weighted by atomic mass is 10.4. The van der Waals surface area contributed by atoms with E-state index in [4.69, 9.17) is 5.84 Å². The van der Waals surface area contributed by atoms with Crippen LogP contribution in [0.25, 0.3) is 0 Å². The van der Waals surface area contributed by atoms with Crippen molar-refractivity contribution < 1.29 is 8.42 Å². The average molecular weight is 315 g/mol. The van der Waals surface area contributed by atoms with Gasteiger partial charge in [0.2, 0.25) is 17.8 Å². The summed E-state index contributed by atoms with van der Waals surface area (Å²) >= 11 is 0. The van der Waals surface area contributed by atoms with Gasteiger partial charge in [-0.15, -0.1) is 0 Å². The van der Waals surface area contributed by atoms with Crippen LogP contribution >= 0.6 is 0 Å². The van der Waals surface area contributed by atoms with Gasteiger partial charge in [-0.05, 0) is 12.8 Å². The van der Waals surface area contributed by atoms with Gasteiger partial charge in [0.15, 0.2) is 9.84 Å². The van der Waals surface area contributed by atoms with Crippen molar-refractivity contribution in [2.45, 2.75) is 19.8 Å². The van der Waals surface area contributed by atoms with E-state index in [1.54, 1.807) is 6.92 Å². The first-order valence-electron chi connectivity index (χ1n) is 6.96. The molecule has 0 radical (unpaired) electrons. The van der Waals surface area contributed by atoms with Gasteiger partial charge in [-0.1, -0.05) is 6.92 Å². The molecular formula is C11H21N7O2S. The summed E-state index contributed by atoms with van der Waals surface area (Å²) < 4.78 is 22.9. The predicted molar refractivity (Wildman–Crippen MR) is 81.9 cm³/mol. The van der Waals surface area contributed by atoms with Crippen molar-refractivity contribution in [2.24, 2.45) is 5.84 Å². The molecule has 2 heterocycles. The van der Waals surface area contributed by atoms with Crippen LogP contribution in [0.2, 0.25) is 0 Å². The minimum absolute atomic E-state index is 0.0413. The molecule has 0 amide bonds. The van der Waals surface area contributed by atoms with E-state index in [-0.39, 0.29) is 24.0 Å². The summed E-state index contributed by atoms with van der Waals surface area (Å²) in [5.74, 6) is 6.66. The molecule has 21 heavy (non-hydrogen) atoms. The molecule has 9 nitrogen and oxygen atoms in total. The van der Waals surface area contributed by atoms with Crippen LogP contribution < -0.4 is 21.5 Å². The van der Waals surface area contributed by atoms with Gasteiger partial charge in [0.1, 0.15) is 0 Å². The molecule has 1 aliphatic heterocycles. The number of nitrogen functional groups attached to an aromatic ring is 1. The van der Waals surface area contributed by atoms with Crippen LogP contribution in [0.15, 0.2) is 0 Å². The van der Waals surface area contributed by atoms with Gasteiger partial charge in [-0.2, -0.15) is 15.0 Å². The van der Waals surface area contributed by atoms with Crippen molar-refractivity contribution in [2.75, 3.05) is 46.8 Å². The number of hydrogen-bond donors (Lipinski definition) is 3. The van der Waals surface area contributed by atoms with Crippen molar-refractivity contribution in [3.63, 3.8) is 0 Å². The third-order valence-electron chi connectivity index (χ3n) is 3.28. The van der Waals surface area contributed by atoms with Gasteiger partial charge in [0, 0.05) is 25.4 Å². The fourth-order valence-electron chi connectivity index (χ4n) is 2.03. The molecule has 1 aromatic heterocycles. The molecule has 2 rings (SSSR count). The number of nitrogens with two attached hydrogens (primary N) is 1. The molecule has 1 fully saturated rings. The van der Waals surface area contributed by atoms with Crippen LogP contribution in [0.4, 0.5) is 17.8 Å². The largest absolute Gasteiger partial charge is 0.353 e. The summed E-state index contributed by atoms with van der Waals surface area (Å²) in [5.41, 5.74) is 2.40. The zero-order chi connectivity index (χ0) is 15.3. The monoisotopic (exact) mass is 315 g/mol. The lowest BCUT2D eigenvalue weighted by Crippen LogP contribution is -2.24. The highest BCUT2D eigenvalue weighted by Crippen LogP contribution is 2.18. The highest BCUT2D eigenvalue weighted by Gasteiger charge is 2.17. The van der Waals surface area contributed by atoms with Gasteiger partial charge in [-0.3, -0.25) is 5.43 Å². The number of hydrogen-bond acceptors (Lipinski definition) is 9. The summed E-state index contributed by atoms with van der Waals surface area (Å²) in [4.78, 5) is 14.7. The molecule has 10 heteroatoms. The van der Waals surface area contributed by atoms with Crippen molar-refractivity contribution in [1.29, 1.82) is 0 Å². The first kappa shape index (κ1) is 15.7. The van der Waals surface area contributed by atoms with E-state index in [9.17, 15) is 8.42 Å². The zero-order valence-electron chi connectivity index (χ0n) is 12.0. The Morgan fingerprint density at radius 1 is 1.19 bits per heavy atom. The second-order valence-electron chi connectivity index (χ2n) is 4.78. The fourth-order valence-corrected chi connectivity index (χ4v) is 2.73. The Balaban J connectivity index is 2.06. The van der Waals surface area contributed by atoms with Crippen LogP contribution in [0.3, 0.4) is 0 Å². The molecule has 0 spiro atoms. The Kier molecular flexibility index (Phi) is 5.12. The summed E-state index contributed by atoms with van der Waals surface area (Å²) in [6.07, 6.45) is 2.21. The molecule has 0 atom stereocenters. The Hall–Kier alpha value is -1.68. The summed E-state index contributed by atoms with van der Waals surface area (Å²) in [6, 6.07) is 0. The SMILES string of the molecule is CCS(=O)(=O)CCNc1nc(NN)nc(N2CCCC2)n1. The van der Waals surface area contributed by atoms with Gasteiger partial charge in [-0.25, -0.2) is 14.3 Å². The maximum atomic E-state index is 11.5. The topological polar surface area (TPSA) is 126 Å². The summed E-state index contributed by atoms with van der Waals surface area (Å²) in [7, 11) is -3.02. The lowest BCUT2D eigenvalue weighted by molar-refractivity contribution is 0.597. The molecule has 118 valence electrons. The van der Waals surface area contributed by atoms with Crippen LogP contribution in [-0.4, -0.2) is 54.5 Å². The standard InChI is InChI=1S/C11H21N7O2S/c1-2-21(19,20)8-5-13-9-14-10(17-12)16-11(15-9)18-6-3-4-7-18/h2-8,12H2,1H3,(H2,13,14,15,16,17). The van der Waals surface area contributed by atoms with Crippen LogP contribution in [0, 0.1) is 0 Å². The van der Waals surface area contributed by atoms with Crippen LogP contribution in [0.1, 0.15) is 19.8 Å². The average Bonchev–Trinajstić information content (AvgIpc) is 3.01. The maximum absolute atomic E-state index is 11.5. The van der Waals surface area contributed by atoms with Gasteiger partial charge >= 0.3 is 0 Å². The van der Waals surface area contributed by atoms with E-state index in [0.29, 0.717) is 11.9 Å². The number of anilines is 3. The highest BCUT2D eigenvalue weighted by atomic mass is 32.2. The molecule has 1 aromatic rings. The minimum atomic E-state index is -3.02. The normalized spacial score (nSPS) is 15.2. The molecule has 0 bridgehead atoms. The van der Waals surface area contributed by atoms with Crippen LogP contribution in [0.5, 0.6) is 0 Å². The van der Waals surface area contributed by atoms with E-state index in [1.807, 2.05) is 0 Å². The van der Waals surface area contributed by atoms with Crippen molar-refractivity contribution in [3.8, 4) is 0 Å². The Morgan fingerprint density at radius 3 is 2.48 bits per heavy atom. The van der Waals surface area contributed by atoms with E-state index in [2.05, 4.69) is 30.6 Å². The molecule has 0 unspecified atom stereocenters. The first-order valence-corrected chi connectivity index (χ1v) is 8.78. The number of aromatic nitrogens is 3. The maximum Gasteiger partial charge on any atom is 0.243 e. The predicted octanol–water partition coefficient (Wildman–Crippen LogP) is -0.396. The lowest BCUT2D eigenvalue weighted by Gasteiger charge is -2.16. The van der Waals surface area contributed by atoms with Crippen molar-refractivity contribution in [3.05, 3.63) is 0 Å². The van der Waals surface area contributed by atoms with E-state index < -0.39 is 9.84 Å². The molecule has 0 aliphatic carbocycles. The number of hydrazine groups is 1. The number of nitrogens with one attached hydrogen (secondary N) is 2. The number of sulfone groups is 1. The Labute approximate surface area is 124 Å². The summed E-state index contributed by atoms with van der Waals surface area (Å²) in [5, 5.41) is 2.91. The van der Waals surface area contributed by atoms with E-state index in [1.165, 1.54) is 0 Å². The molecule has 4 N–H and O–H groups in total. The van der Waals surface area contributed by atoms with E-state index >= 15 is 0 Å². The number of rotatable bonds is 7. The van der Waals surface area contributed by atoms with Gasteiger partial charge in [0.05, 0.1) is 5.75 Å². The summed E-state index contributed by atoms with van der Waals surface area (Å²) in [6.45, 7) is 3.68. The van der Waals surface area contributed by atoms with E-state index in [0.717, 1.165) is 25.9 Å². The minimum Gasteiger partial charge on any atom is -0.353 e.